The van der Waals surface area contributed by atoms with Gasteiger partial charge in [0.2, 0.25) is 6.54 Å². The van der Waals surface area contributed by atoms with Gasteiger partial charge < -0.3 is 19.2 Å². The van der Waals surface area contributed by atoms with Crippen molar-refractivity contribution in [2.75, 3.05) is 44.2 Å². The van der Waals surface area contributed by atoms with Gasteiger partial charge in [0.05, 0.1) is 10.4 Å². The van der Waals surface area contributed by atoms with E-state index >= 15 is 4.39 Å². The molecule has 2 aromatic carbocycles. The van der Waals surface area contributed by atoms with Gasteiger partial charge in [0.25, 0.3) is 0 Å². The molecule has 13 heteroatoms. The van der Waals surface area contributed by atoms with E-state index in [0.717, 1.165) is 13.0 Å². The van der Waals surface area contributed by atoms with E-state index in [0.29, 0.717) is 46.7 Å². The lowest BCUT2D eigenvalue weighted by Gasteiger charge is -2.43. The summed E-state index contributed by atoms with van der Waals surface area (Å²) in [5.41, 5.74) is -0.431. The average Bonchev–Trinajstić information content (AvgIpc) is 3.01. The van der Waals surface area contributed by atoms with Crippen molar-refractivity contribution in [2.24, 2.45) is 0 Å². The lowest BCUT2D eigenvalue weighted by Crippen LogP contribution is -2.57. The molecule has 2 fully saturated rings. The first-order valence-electron chi connectivity index (χ1n) is 16.1. The number of carbonyl (C=O) groups excluding carboxylic acids is 1. The number of rotatable bonds is 7. The van der Waals surface area contributed by atoms with E-state index < -0.39 is 29.4 Å². The Morgan fingerprint density at radius 3 is 2.60 bits per heavy atom. The van der Waals surface area contributed by atoms with Crippen LogP contribution in [-0.2, 0) is 4.74 Å². The van der Waals surface area contributed by atoms with Crippen molar-refractivity contribution < 1.29 is 23.0 Å². The number of pyridine rings is 1. The summed E-state index contributed by atoms with van der Waals surface area (Å²) in [7, 11) is 0. The fraction of sp³-hybridized carbons (Fsp3) is 0.457. The van der Waals surface area contributed by atoms with Crippen molar-refractivity contribution in [2.45, 2.75) is 64.8 Å². The van der Waals surface area contributed by atoms with Gasteiger partial charge in [-0.1, -0.05) is 35.9 Å². The highest BCUT2D eigenvalue weighted by atomic mass is 35.5. The Bertz CT molecular complexity index is 1910. The standard InChI is InChI=1S/C35H38ClF2N7O3/c1-20(2)44-13-12-22(44)19-47-33-41-31-25(17-40-30(29(31)38)24-9-7-8-21-10-11-26(37)28(36)27(21)24)32(42-33)43-14-15-45(23(18-43)16-39-6)34(46)48-35(3,4)5/h7-11,17,20,22-23H,12-16,18-19H2,1-5H3/t22?,23-/m0/s1. The van der Waals surface area contributed by atoms with Gasteiger partial charge in [0.15, 0.2) is 5.82 Å². The van der Waals surface area contributed by atoms with Crippen LogP contribution in [0.1, 0.15) is 41.0 Å². The zero-order valence-electron chi connectivity index (χ0n) is 27.6. The molecule has 4 heterocycles. The fourth-order valence-corrected chi connectivity index (χ4v) is 6.66. The van der Waals surface area contributed by atoms with Crippen LogP contribution < -0.4 is 9.64 Å². The number of piperazine rings is 1. The number of fused-ring (bicyclic) bond motifs is 2. The molecule has 2 aliphatic rings. The van der Waals surface area contributed by atoms with Gasteiger partial charge >= 0.3 is 12.1 Å². The summed E-state index contributed by atoms with van der Waals surface area (Å²) in [5, 5.41) is 1.19. The van der Waals surface area contributed by atoms with Gasteiger partial charge in [-0.25, -0.2) is 20.1 Å². The molecular weight excluding hydrogens is 640 g/mol. The van der Waals surface area contributed by atoms with E-state index in [9.17, 15) is 9.18 Å². The van der Waals surface area contributed by atoms with E-state index in [2.05, 4.69) is 33.6 Å². The molecule has 2 aliphatic heterocycles. The zero-order valence-corrected chi connectivity index (χ0v) is 28.4. The molecule has 6 rings (SSSR count). The monoisotopic (exact) mass is 677 g/mol. The zero-order chi connectivity index (χ0) is 34.3. The first-order valence-corrected chi connectivity index (χ1v) is 16.4. The minimum atomic E-state index is -0.730. The topological polar surface area (TPSA) is 88.3 Å². The van der Waals surface area contributed by atoms with Crippen molar-refractivity contribution in [3.63, 3.8) is 0 Å². The van der Waals surface area contributed by atoms with Gasteiger partial charge in [-0.05, 0) is 52.5 Å². The summed E-state index contributed by atoms with van der Waals surface area (Å²) in [6.07, 6.45) is 1.96. The first kappa shape index (κ1) is 33.6. The van der Waals surface area contributed by atoms with Gasteiger partial charge in [-0.15, -0.1) is 0 Å². The molecule has 1 unspecified atom stereocenters. The summed E-state index contributed by atoms with van der Waals surface area (Å²) < 4.78 is 43.1. The van der Waals surface area contributed by atoms with Crippen LogP contribution in [0.25, 0.3) is 37.8 Å². The molecular formula is C35H38ClF2N7O3. The molecule has 1 amide bonds. The van der Waals surface area contributed by atoms with Gasteiger partial charge in [0, 0.05) is 55.4 Å². The summed E-state index contributed by atoms with van der Waals surface area (Å²) in [6.45, 7) is 19.4. The number of anilines is 1. The number of carbonyl (C=O) groups is 1. The van der Waals surface area contributed by atoms with Crippen molar-refractivity contribution in [3.8, 4) is 17.3 Å². The average molecular weight is 678 g/mol. The third-order valence-corrected chi connectivity index (χ3v) is 9.17. The van der Waals surface area contributed by atoms with Crippen LogP contribution in [0.3, 0.4) is 0 Å². The van der Waals surface area contributed by atoms with Crippen LogP contribution in [-0.4, -0.2) is 93.9 Å². The fourth-order valence-electron chi connectivity index (χ4n) is 6.38. The maximum atomic E-state index is 16.7. The highest BCUT2D eigenvalue weighted by Crippen LogP contribution is 2.38. The van der Waals surface area contributed by atoms with Crippen molar-refractivity contribution in [3.05, 3.63) is 64.6 Å². The molecule has 0 N–H and O–H groups in total. The number of hydrogen-bond donors (Lipinski definition) is 0. The van der Waals surface area contributed by atoms with Crippen LogP contribution >= 0.6 is 11.6 Å². The number of aromatic nitrogens is 3. The molecule has 48 heavy (non-hydrogen) atoms. The van der Waals surface area contributed by atoms with Crippen LogP contribution in [0, 0.1) is 18.2 Å². The number of nitrogens with zero attached hydrogens (tertiary/aromatic N) is 7. The SMILES string of the molecule is [C-]#[N+]C[C@H]1CN(c2nc(OCC3CCN3C(C)C)nc3c(F)c(-c4cccc5ccc(F)c(Cl)c45)ncc23)CCN1C(=O)OC(C)(C)C. The Hall–Kier alpha value is -4.34. The second-order valence-electron chi connectivity index (χ2n) is 13.5. The Morgan fingerprint density at radius 2 is 1.92 bits per heavy atom. The largest absolute Gasteiger partial charge is 0.462 e. The van der Waals surface area contributed by atoms with E-state index in [1.807, 2.05) is 4.90 Å². The molecule has 2 atom stereocenters. The number of ether oxygens (including phenoxy) is 2. The molecule has 0 spiro atoms. The predicted octanol–water partition coefficient (Wildman–Crippen LogP) is 6.98. The Morgan fingerprint density at radius 1 is 1.12 bits per heavy atom. The predicted molar refractivity (Wildman–Crippen MR) is 181 cm³/mol. The molecule has 0 radical (unpaired) electrons. The molecule has 2 saturated heterocycles. The highest BCUT2D eigenvalue weighted by Gasteiger charge is 2.37. The minimum Gasteiger partial charge on any atom is -0.462 e. The summed E-state index contributed by atoms with van der Waals surface area (Å²) in [4.78, 5) is 36.2. The summed E-state index contributed by atoms with van der Waals surface area (Å²) in [6, 6.07) is 8.04. The van der Waals surface area contributed by atoms with Crippen molar-refractivity contribution in [1.29, 1.82) is 0 Å². The minimum absolute atomic E-state index is 0.00227. The van der Waals surface area contributed by atoms with Gasteiger partial charge in [-0.3, -0.25) is 14.8 Å². The first-order chi connectivity index (χ1) is 22.9. The van der Waals surface area contributed by atoms with Crippen molar-refractivity contribution >= 4 is 45.2 Å². The lowest BCUT2D eigenvalue weighted by atomic mass is 10.0. The smallest absolute Gasteiger partial charge is 0.410 e. The number of halogens is 3. The summed E-state index contributed by atoms with van der Waals surface area (Å²) >= 11 is 6.40. The number of benzene rings is 2. The lowest BCUT2D eigenvalue weighted by molar-refractivity contribution is 0.0155. The molecule has 252 valence electrons. The van der Waals surface area contributed by atoms with Gasteiger partial charge in [-0.2, -0.15) is 9.97 Å². The third kappa shape index (κ3) is 6.54. The van der Waals surface area contributed by atoms with E-state index in [4.69, 9.17) is 32.6 Å². The maximum Gasteiger partial charge on any atom is 0.410 e. The second kappa shape index (κ2) is 13.3. The molecule has 10 nitrogen and oxygen atoms in total. The highest BCUT2D eigenvalue weighted by molar-refractivity contribution is 6.36. The number of hydrogen-bond acceptors (Lipinski definition) is 8. The number of likely N-dealkylation sites (tertiary alicyclic amines) is 1. The normalized spacial score (nSPS) is 18.7. The van der Waals surface area contributed by atoms with Crippen LogP contribution in [0.4, 0.5) is 19.4 Å². The van der Waals surface area contributed by atoms with Crippen molar-refractivity contribution in [1.82, 2.24) is 24.8 Å². The van der Waals surface area contributed by atoms with Crippen LogP contribution in [0.5, 0.6) is 6.01 Å². The van der Waals surface area contributed by atoms with Gasteiger partial charge in [0.1, 0.15) is 41.1 Å². The molecule has 0 bridgehead atoms. The quantitative estimate of drug-likeness (QED) is 0.194. The molecule has 0 saturated carbocycles. The summed E-state index contributed by atoms with van der Waals surface area (Å²) in [5.74, 6) is -0.974. The number of amides is 1. The Kier molecular flexibility index (Phi) is 9.29. The van der Waals surface area contributed by atoms with Crippen LogP contribution in [0.15, 0.2) is 36.5 Å². The second-order valence-corrected chi connectivity index (χ2v) is 13.9. The third-order valence-electron chi connectivity index (χ3n) is 8.80. The molecule has 2 aromatic heterocycles. The van der Waals surface area contributed by atoms with E-state index in [1.165, 1.54) is 12.3 Å². The molecule has 0 aliphatic carbocycles. The maximum absolute atomic E-state index is 16.7. The Labute approximate surface area is 283 Å². The van der Waals surface area contributed by atoms with E-state index in [1.54, 1.807) is 49.9 Å². The molecule has 4 aromatic rings. The van der Waals surface area contributed by atoms with Crippen LogP contribution in [0.2, 0.25) is 5.02 Å². The van der Waals surface area contributed by atoms with E-state index in [-0.39, 0.29) is 47.9 Å². The Balaban J connectivity index is 1.42.